The van der Waals surface area contributed by atoms with Gasteiger partial charge in [-0.15, -0.1) is 0 Å². The zero-order valence-electron chi connectivity index (χ0n) is 12.5. The van der Waals surface area contributed by atoms with Crippen LogP contribution in [0.2, 0.25) is 26.2 Å². The molecule has 0 aromatic heterocycles. The van der Waals surface area contributed by atoms with Gasteiger partial charge in [0.15, 0.2) is 8.32 Å². The second-order valence-electron chi connectivity index (χ2n) is 6.35. The van der Waals surface area contributed by atoms with E-state index in [2.05, 4.69) is 38.0 Å². The van der Waals surface area contributed by atoms with Gasteiger partial charge in [-0.2, -0.15) is 0 Å². The van der Waals surface area contributed by atoms with Crippen molar-refractivity contribution in [1.82, 2.24) is 4.90 Å². The van der Waals surface area contributed by atoms with Crippen molar-refractivity contribution in [3.8, 4) is 0 Å². The fraction of sp³-hybridized carbons (Fsp3) is 1.00. The maximum Gasteiger partial charge on any atom is 0.199 e. The molecule has 17 heavy (non-hydrogen) atoms. The first-order valence-corrected chi connectivity index (χ1v) is 13.2. The normalized spacial score (nSPS) is 13.4. The molecule has 0 unspecified atom stereocenters. The zero-order chi connectivity index (χ0) is 13.5. The Kier molecular flexibility index (Phi) is 7.83. The van der Waals surface area contributed by atoms with Gasteiger partial charge in [0.1, 0.15) is 0 Å². The lowest BCUT2D eigenvalue weighted by molar-refractivity contribution is 0.302. The topological polar surface area (TPSA) is 32.7 Å². The van der Waals surface area contributed by atoms with Crippen molar-refractivity contribution in [2.75, 3.05) is 32.2 Å². The number of aliphatic hydroxyl groups is 1. The van der Waals surface area contributed by atoms with Gasteiger partial charge in [0.05, 0.1) is 8.07 Å². The molecule has 0 aromatic rings. The number of rotatable bonds is 9. The molecule has 0 atom stereocenters. The number of aliphatic hydroxyl groups excluding tert-OH is 1. The molecular formula is C12H31NO2Si2. The Balaban J connectivity index is 4.43. The summed E-state index contributed by atoms with van der Waals surface area (Å²) in [5.74, 6) is 0. The highest BCUT2D eigenvalue weighted by atomic mass is 28.4. The van der Waals surface area contributed by atoms with Gasteiger partial charge in [-0.1, -0.05) is 26.4 Å². The van der Waals surface area contributed by atoms with Crippen molar-refractivity contribution >= 4 is 16.4 Å². The number of unbranched alkanes of at least 4 members (excludes halogenated alkanes) is 1. The zero-order valence-corrected chi connectivity index (χ0v) is 14.5. The molecule has 1 N–H and O–H groups in total. The maximum atomic E-state index is 9.44. The first-order chi connectivity index (χ1) is 7.76. The summed E-state index contributed by atoms with van der Waals surface area (Å²) < 4.78 is 5.65. The lowest BCUT2D eigenvalue weighted by Crippen LogP contribution is -2.52. The van der Waals surface area contributed by atoms with Crippen molar-refractivity contribution in [1.29, 1.82) is 0 Å². The second kappa shape index (κ2) is 7.68. The van der Waals surface area contributed by atoms with Crippen molar-refractivity contribution in [2.45, 2.75) is 46.0 Å². The average Bonchev–Trinajstić information content (AvgIpc) is 2.25. The standard InChI is InChI=1S/C12H31NO2Si2/c1-7-8-9-13(10-16(3,4)12-14)11-17(5,6)15-2/h14H,7-12H2,1-6H3. The van der Waals surface area contributed by atoms with E-state index in [0.29, 0.717) is 6.23 Å². The van der Waals surface area contributed by atoms with E-state index < -0.39 is 16.4 Å². The lowest BCUT2D eigenvalue weighted by Gasteiger charge is -2.34. The predicted molar refractivity (Wildman–Crippen MR) is 80.4 cm³/mol. The van der Waals surface area contributed by atoms with Gasteiger partial charge < -0.3 is 14.4 Å². The van der Waals surface area contributed by atoms with Crippen molar-refractivity contribution in [3.63, 3.8) is 0 Å². The third-order valence-electron chi connectivity index (χ3n) is 3.06. The third-order valence-corrected chi connectivity index (χ3v) is 7.54. The van der Waals surface area contributed by atoms with Gasteiger partial charge in [-0.25, -0.2) is 0 Å². The Morgan fingerprint density at radius 3 is 2.12 bits per heavy atom. The Bertz CT molecular complexity index is 193. The molecule has 0 saturated carbocycles. The molecular weight excluding hydrogens is 246 g/mol. The molecule has 0 rings (SSSR count). The van der Waals surface area contributed by atoms with Crippen LogP contribution in [-0.2, 0) is 4.43 Å². The Hall–Kier alpha value is 0.314. The van der Waals surface area contributed by atoms with Gasteiger partial charge in [0, 0.05) is 19.5 Å². The summed E-state index contributed by atoms with van der Waals surface area (Å²) in [6.07, 6.45) is 5.02. The molecule has 3 nitrogen and oxygen atoms in total. The molecule has 0 fully saturated rings. The summed E-state index contributed by atoms with van der Waals surface area (Å²) >= 11 is 0. The molecule has 104 valence electrons. The van der Waals surface area contributed by atoms with E-state index in [1.54, 1.807) is 0 Å². The Labute approximate surface area is 109 Å². The summed E-state index contributed by atoms with van der Waals surface area (Å²) in [6.45, 7) is 12.4. The van der Waals surface area contributed by atoms with E-state index in [1.807, 2.05) is 7.11 Å². The van der Waals surface area contributed by atoms with E-state index in [0.717, 1.165) is 18.9 Å². The van der Waals surface area contributed by atoms with Crippen LogP contribution in [0.4, 0.5) is 0 Å². The minimum absolute atomic E-state index is 0.380. The van der Waals surface area contributed by atoms with Crippen LogP contribution in [0.1, 0.15) is 19.8 Å². The average molecular weight is 278 g/mol. The van der Waals surface area contributed by atoms with Crippen LogP contribution in [0.3, 0.4) is 0 Å². The van der Waals surface area contributed by atoms with Crippen LogP contribution >= 0.6 is 0 Å². The molecule has 0 saturated heterocycles. The van der Waals surface area contributed by atoms with Gasteiger partial charge in [0.2, 0.25) is 0 Å². The van der Waals surface area contributed by atoms with E-state index in [9.17, 15) is 5.11 Å². The Morgan fingerprint density at radius 1 is 1.12 bits per heavy atom. The van der Waals surface area contributed by atoms with Crippen LogP contribution in [0.5, 0.6) is 0 Å². The molecule has 0 amide bonds. The molecule has 0 aromatic carbocycles. The molecule has 0 aliphatic rings. The van der Waals surface area contributed by atoms with Crippen LogP contribution in [0.15, 0.2) is 0 Å². The number of nitrogens with zero attached hydrogens (tertiary/aromatic N) is 1. The van der Waals surface area contributed by atoms with Crippen molar-refractivity contribution in [2.24, 2.45) is 0 Å². The predicted octanol–water partition coefficient (Wildman–Crippen LogP) is 2.26. The van der Waals surface area contributed by atoms with Gasteiger partial charge in [-0.05, 0) is 32.2 Å². The molecule has 0 radical (unpaired) electrons. The smallest absolute Gasteiger partial charge is 0.199 e. The van der Waals surface area contributed by atoms with Crippen molar-refractivity contribution in [3.05, 3.63) is 0 Å². The first kappa shape index (κ1) is 17.3. The highest BCUT2D eigenvalue weighted by molar-refractivity contribution is 6.77. The monoisotopic (exact) mass is 277 g/mol. The van der Waals surface area contributed by atoms with Gasteiger partial charge in [0.25, 0.3) is 0 Å². The maximum absolute atomic E-state index is 9.44. The minimum Gasteiger partial charge on any atom is -0.419 e. The van der Waals surface area contributed by atoms with E-state index >= 15 is 0 Å². The molecule has 0 heterocycles. The highest BCUT2D eigenvalue weighted by Crippen LogP contribution is 2.11. The first-order valence-electron chi connectivity index (χ1n) is 6.65. The lowest BCUT2D eigenvalue weighted by atomic mass is 10.3. The summed E-state index contributed by atoms with van der Waals surface area (Å²) in [7, 11) is -1.16. The number of hydrogen-bond donors (Lipinski definition) is 1. The highest BCUT2D eigenvalue weighted by Gasteiger charge is 2.29. The summed E-state index contributed by atoms with van der Waals surface area (Å²) in [5, 5.41) is 9.44. The third kappa shape index (κ3) is 8.10. The van der Waals surface area contributed by atoms with Crippen LogP contribution in [-0.4, -0.2) is 58.6 Å². The molecule has 0 spiro atoms. The minimum atomic E-state index is -1.54. The summed E-state index contributed by atoms with van der Waals surface area (Å²) in [6, 6.07) is 0. The van der Waals surface area contributed by atoms with Crippen LogP contribution in [0, 0.1) is 0 Å². The van der Waals surface area contributed by atoms with E-state index in [4.69, 9.17) is 4.43 Å². The van der Waals surface area contributed by atoms with Gasteiger partial charge >= 0.3 is 0 Å². The molecule has 0 aliphatic heterocycles. The molecule has 0 bridgehead atoms. The second-order valence-corrected chi connectivity index (χ2v) is 15.6. The fourth-order valence-corrected chi connectivity index (χ4v) is 5.13. The quantitative estimate of drug-likeness (QED) is 0.656. The largest absolute Gasteiger partial charge is 0.419 e. The molecule has 0 aliphatic carbocycles. The Morgan fingerprint density at radius 2 is 1.71 bits per heavy atom. The van der Waals surface area contributed by atoms with E-state index in [-0.39, 0.29) is 0 Å². The van der Waals surface area contributed by atoms with Gasteiger partial charge in [-0.3, -0.25) is 0 Å². The van der Waals surface area contributed by atoms with Crippen LogP contribution < -0.4 is 0 Å². The van der Waals surface area contributed by atoms with Crippen molar-refractivity contribution < 1.29 is 9.53 Å². The van der Waals surface area contributed by atoms with E-state index in [1.165, 1.54) is 12.8 Å². The molecule has 5 heteroatoms. The van der Waals surface area contributed by atoms with Crippen LogP contribution in [0.25, 0.3) is 0 Å². The summed E-state index contributed by atoms with van der Waals surface area (Å²) in [4.78, 5) is 2.53. The summed E-state index contributed by atoms with van der Waals surface area (Å²) in [5.41, 5.74) is 0. The fourth-order valence-electron chi connectivity index (χ4n) is 1.85. The SMILES string of the molecule is CCCCN(C[Si](C)(C)CO)C[Si](C)(C)OC. The number of hydrogen-bond acceptors (Lipinski definition) is 3.